The molecule has 0 atom stereocenters. The monoisotopic (exact) mass is 396 g/mol. The smallest absolute Gasteiger partial charge is 0.101 e. The molecule has 0 saturated carbocycles. The largest absolute Gasteiger partial charge is 0.306 e. The zero-order chi connectivity index (χ0) is 15.5. The molecule has 1 saturated heterocycles. The number of pyridine rings is 1. The van der Waals surface area contributed by atoms with Crippen LogP contribution in [0, 0.1) is 0 Å². The highest BCUT2D eigenvalue weighted by atomic mass is 79.9. The second-order valence-electron chi connectivity index (χ2n) is 5.66. The SMILES string of the molecule is CN1CCC(c2ccnc(Sc3cccc(Br)c3Cl)c2)CC1. The molecule has 2 nitrogen and oxygen atoms in total. The highest BCUT2D eigenvalue weighted by molar-refractivity contribution is 9.10. The Labute approximate surface area is 149 Å². The number of rotatable bonds is 3. The van der Waals surface area contributed by atoms with Gasteiger partial charge in [-0.3, -0.25) is 0 Å². The maximum atomic E-state index is 6.35. The van der Waals surface area contributed by atoms with Crippen LogP contribution in [0.25, 0.3) is 0 Å². The average molecular weight is 398 g/mol. The summed E-state index contributed by atoms with van der Waals surface area (Å²) in [6.45, 7) is 2.35. The van der Waals surface area contributed by atoms with Gasteiger partial charge in [0.1, 0.15) is 5.03 Å². The molecule has 1 aromatic heterocycles. The van der Waals surface area contributed by atoms with Crippen molar-refractivity contribution in [1.29, 1.82) is 0 Å². The Morgan fingerprint density at radius 2 is 2.05 bits per heavy atom. The molecule has 3 rings (SSSR count). The summed E-state index contributed by atoms with van der Waals surface area (Å²) in [6.07, 6.45) is 4.37. The topological polar surface area (TPSA) is 16.1 Å². The minimum atomic E-state index is 0.650. The quantitative estimate of drug-likeness (QED) is 0.684. The molecule has 2 heterocycles. The van der Waals surface area contributed by atoms with Gasteiger partial charge in [-0.1, -0.05) is 29.4 Å². The molecular formula is C17H18BrClN2S. The molecule has 0 radical (unpaired) electrons. The van der Waals surface area contributed by atoms with E-state index in [1.54, 1.807) is 11.8 Å². The summed E-state index contributed by atoms with van der Waals surface area (Å²) in [7, 11) is 2.19. The molecule has 0 N–H and O–H groups in total. The van der Waals surface area contributed by atoms with E-state index in [1.165, 1.54) is 31.5 Å². The molecule has 0 aliphatic carbocycles. The Kier molecular flexibility index (Phi) is 5.45. The Hall–Kier alpha value is -0.550. The number of aromatic nitrogens is 1. The normalized spacial score (nSPS) is 16.9. The molecule has 1 aromatic carbocycles. The van der Waals surface area contributed by atoms with Crippen molar-refractivity contribution in [2.24, 2.45) is 0 Å². The van der Waals surface area contributed by atoms with Gasteiger partial charge in [0, 0.05) is 15.6 Å². The van der Waals surface area contributed by atoms with Crippen LogP contribution in [0.4, 0.5) is 0 Å². The molecule has 1 fully saturated rings. The summed E-state index contributed by atoms with van der Waals surface area (Å²) < 4.78 is 0.922. The van der Waals surface area contributed by atoms with Gasteiger partial charge in [-0.2, -0.15) is 0 Å². The zero-order valence-corrected chi connectivity index (χ0v) is 15.6. The molecule has 0 amide bonds. The third kappa shape index (κ3) is 3.85. The molecule has 0 bridgehead atoms. The van der Waals surface area contributed by atoms with E-state index < -0.39 is 0 Å². The number of piperidine rings is 1. The Balaban J connectivity index is 1.78. The molecule has 5 heteroatoms. The summed E-state index contributed by atoms with van der Waals surface area (Å²) in [6, 6.07) is 10.4. The van der Waals surface area contributed by atoms with Crippen LogP contribution in [0.2, 0.25) is 5.02 Å². The van der Waals surface area contributed by atoms with Crippen LogP contribution in [0.1, 0.15) is 24.3 Å². The van der Waals surface area contributed by atoms with Crippen molar-refractivity contribution in [3.8, 4) is 0 Å². The standard InChI is InChI=1S/C17H18BrClN2S/c1-21-9-6-12(7-10-21)13-5-8-20-16(11-13)22-15-4-2-3-14(18)17(15)19/h2-5,8,11-12H,6-7,9-10H2,1H3. The third-order valence-electron chi connectivity index (χ3n) is 4.08. The second kappa shape index (κ2) is 7.35. The fraction of sp³-hybridized carbons (Fsp3) is 0.353. The van der Waals surface area contributed by atoms with Crippen molar-refractivity contribution in [2.75, 3.05) is 20.1 Å². The maximum absolute atomic E-state index is 6.35. The van der Waals surface area contributed by atoms with Crippen molar-refractivity contribution >= 4 is 39.3 Å². The van der Waals surface area contributed by atoms with Gasteiger partial charge < -0.3 is 4.90 Å². The van der Waals surface area contributed by atoms with E-state index in [0.29, 0.717) is 5.92 Å². The fourth-order valence-corrected chi connectivity index (χ4v) is 4.37. The first-order valence-electron chi connectivity index (χ1n) is 7.40. The Morgan fingerprint density at radius 3 is 2.82 bits per heavy atom. The van der Waals surface area contributed by atoms with Gasteiger partial charge in [0.2, 0.25) is 0 Å². The van der Waals surface area contributed by atoms with Crippen molar-refractivity contribution < 1.29 is 0 Å². The van der Waals surface area contributed by atoms with E-state index in [0.717, 1.165) is 19.4 Å². The highest BCUT2D eigenvalue weighted by Gasteiger charge is 2.19. The minimum Gasteiger partial charge on any atom is -0.306 e. The third-order valence-corrected chi connectivity index (χ3v) is 6.48. The lowest BCUT2D eigenvalue weighted by Gasteiger charge is -2.29. The van der Waals surface area contributed by atoms with Gasteiger partial charge in [0.25, 0.3) is 0 Å². The van der Waals surface area contributed by atoms with E-state index in [-0.39, 0.29) is 0 Å². The van der Waals surface area contributed by atoms with Crippen LogP contribution < -0.4 is 0 Å². The Morgan fingerprint density at radius 1 is 1.27 bits per heavy atom. The van der Waals surface area contributed by atoms with Gasteiger partial charge >= 0.3 is 0 Å². The number of hydrogen-bond donors (Lipinski definition) is 0. The number of hydrogen-bond acceptors (Lipinski definition) is 3. The number of halogens is 2. The predicted molar refractivity (Wildman–Crippen MR) is 97.0 cm³/mol. The maximum Gasteiger partial charge on any atom is 0.101 e. The van der Waals surface area contributed by atoms with E-state index in [4.69, 9.17) is 11.6 Å². The molecule has 0 unspecified atom stereocenters. The molecule has 22 heavy (non-hydrogen) atoms. The van der Waals surface area contributed by atoms with Crippen LogP contribution in [0.5, 0.6) is 0 Å². The summed E-state index contributed by atoms with van der Waals surface area (Å²) in [5.41, 5.74) is 1.40. The van der Waals surface area contributed by atoms with Gasteiger partial charge in [-0.05, 0) is 84.7 Å². The van der Waals surface area contributed by atoms with Crippen molar-refractivity contribution in [1.82, 2.24) is 9.88 Å². The van der Waals surface area contributed by atoms with Crippen LogP contribution in [-0.2, 0) is 0 Å². The van der Waals surface area contributed by atoms with Crippen molar-refractivity contribution in [2.45, 2.75) is 28.7 Å². The predicted octanol–water partition coefficient (Wildman–Crippen LogP) is 5.46. The van der Waals surface area contributed by atoms with Gasteiger partial charge in [0.15, 0.2) is 0 Å². The lowest BCUT2D eigenvalue weighted by atomic mass is 9.90. The summed E-state index contributed by atoms with van der Waals surface area (Å²) in [5.74, 6) is 0.650. The van der Waals surface area contributed by atoms with Crippen molar-refractivity contribution in [3.63, 3.8) is 0 Å². The van der Waals surface area contributed by atoms with E-state index >= 15 is 0 Å². The van der Waals surface area contributed by atoms with E-state index in [1.807, 2.05) is 24.4 Å². The number of likely N-dealkylation sites (tertiary alicyclic amines) is 1. The molecule has 1 aliphatic heterocycles. The fourth-order valence-electron chi connectivity index (χ4n) is 2.75. The summed E-state index contributed by atoms with van der Waals surface area (Å²) in [5, 5.41) is 1.76. The van der Waals surface area contributed by atoms with Crippen LogP contribution in [-0.4, -0.2) is 30.0 Å². The first-order valence-corrected chi connectivity index (χ1v) is 9.38. The van der Waals surface area contributed by atoms with E-state index in [2.05, 4.69) is 45.0 Å². The van der Waals surface area contributed by atoms with Crippen LogP contribution in [0.3, 0.4) is 0 Å². The summed E-state index contributed by atoms with van der Waals surface area (Å²) >= 11 is 11.4. The Bertz CT molecular complexity index is 657. The second-order valence-corrected chi connectivity index (χ2v) is 7.95. The molecule has 1 aliphatic rings. The average Bonchev–Trinajstić information content (AvgIpc) is 2.53. The highest BCUT2D eigenvalue weighted by Crippen LogP contribution is 2.37. The first kappa shape index (κ1) is 16.3. The number of benzene rings is 1. The minimum absolute atomic E-state index is 0.650. The molecule has 2 aromatic rings. The zero-order valence-electron chi connectivity index (χ0n) is 12.4. The lowest BCUT2D eigenvalue weighted by molar-refractivity contribution is 0.255. The van der Waals surface area contributed by atoms with Crippen molar-refractivity contribution in [3.05, 3.63) is 51.6 Å². The molecule has 116 valence electrons. The van der Waals surface area contributed by atoms with Crippen LogP contribution in [0.15, 0.2) is 50.9 Å². The number of nitrogens with zero attached hydrogens (tertiary/aromatic N) is 2. The van der Waals surface area contributed by atoms with Gasteiger partial charge in [-0.15, -0.1) is 0 Å². The molecule has 0 spiro atoms. The van der Waals surface area contributed by atoms with E-state index in [9.17, 15) is 0 Å². The first-order chi connectivity index (χ1) is 10.6. The van der Waals surface area contributed by atoms with Crippen LogP contribution >= 0.6 is 39.3 Å². The lowest BCUT2D eigenvalue weighted by Crippen LogP contribution is -2.29. The molecular weight excluding hydrogens is 380 g/mol. The van der Waals surface area contributed by atoms with Gasteiger partial charge in [-0.25, -0.2) is 4.98 Å². The summed E-state index contributed by atoms with van der Waals surface area (Å²) in [4.78, 5) is 7.92. The van der Waals surface area contributed by atoms with Gasteiger partial charge in [0.05, 0.1) is 5.02 Å².